The molecule has 0 saturated carbocycles. The van der Waals surface area contributed by atoms with Crippen LogP contribution < -0.4 is 20.4 Å². The predicted molar refractivity (Wildman–Crippen MR) is 152 cm³/mol. The second kappa shape index (κ2) is 11.9. The number of benzene rings is 1. The number of nitrogens with zero attached hydrogens (tertiary/aromatic N) is 5. The fourth-order valence-electron chi connectivity index (χ4n) is 5.26. The summed E-state index contributed by atoms with van der Waals surface area (Å²) in [6.07, 6.45) is 2.56. The standard InChI is InChI=1S/C29H34F3N7O2/c1-17-9-22(27(31)32)23(14-33-17)28(40)36-25-10-21(20-12-34-29(35-13-20)38-5-7-41-8-6-38)24(30)11-26(25)39-15-18(2)37(4)19(3)16-39/h9-14,18-19,27,33H,1,5-8,15-16H2,2-4H3,(H,36,40)/t18-,19+. The molecular formula is C29H34F3N7O2. The van der Waals surface area contributed by atoms with Crippen LogP contribution in [0.25, 0.3) is 11.1 Å². The number of amides is 1. The molecule has 2 N–H and O–H groups in total. The maximum atomic E-state index is 15.7. The van der Waals surface area contributed by atoms with Crippen molar-refractivity contribution in [1.29, 1.82) is 0 Å². The Morgan fingerprint density at radius 3 is 2.41 bits per heavy atom. The Balaban J connectivity index is 1.51. The van der Waals surface area contributed by atoms with E-state index < -0.39 is 23.7 Å². The summed E-state index contributed by atoms with van der Waals surface area (Å²) in [4.78, 5) is 28.5. The average molecular weight is 570 g/mol. The Bertz CT molecular complexity index is 1360. The lowest BCUT2D eigenvalue weighted by atomic mass is 10.0. The van der Waals surface area contributed by atoms with Gasteiger partial charge in [-0.1, -0.05) is 6.58 Å². The van der Waals surface area contributed by atoms with Gasteiger partial charge in [-0.3, -0.25) is 9.69 Å². The molecule has 2 aromatic rings. The van der Waals surface area contributed by atoms with E-state index in [1.807, 2.05) is 16.8 Å². The molecule has 3 aliphatic rings. The number of hydrogen-bond donors (Lipinski definition) is 2. The van der Waals surface area contributed by atoms with Crippen molar-refractivity contribution in [1.82, 2.24) is 20.2 Å². The van der Waals surface area contributed by atoms with E-state index in [0.717, 1.165) is 6.08 Å². The highest BCUT2D eigenvalue weighted by molar-refractivity contribution is 6.09. The number of hydrogen-bond acceptors (Lipinski definition) is 8. The summed E-state index contributed by atoms with van der Waals surface area (Å²) in [6, 6.07) is 3.22. The van der Waals surface area contributed by atoms with Crippen molar-refractivity contribution >= 4 is 23.2 Å². The first-order valence-corrected chi connectivity index (χ1v) is 13.5. The summed E-state index contributed by atoms with van der Waals surface area (Å²) in [5.74, 6) is -0.736. The Morgan fingerprint density at radius 1 is 1.12 bits per heavy atom. The fourth-order valence-corrected chi connectivity index (χ4v) is 5.26. The van der Waals surface area contributed by atoms with Gasteiger partial charge in [0.2, 0.25) is 5.95 Å². The van der Waals surface area contributed by atoms with E-state index in [4.69, 9.17) is 4.74 Å². The first-order chi connectivity index (χ1) is 19.6. The Kier molecular flexibility index (Phi) is 8.32. The van der Waals surface area contributed by atoms with Crippen LogP contribution in [0.3, 0.4) is 0 Å². The Hall–Kier alpha value is -3.90. The number of dihydropyridines is 1. The van der Waals surface area contributed by atoms with Gasteiger partial charge in [-0.05, 0) is 39.1 Å². The molecule has 2 saturated heterocycles. The van der Waals surface area contributed by atoms with Gasteiger partial charge in [-0.15, -0.1) is 0 Å². The van der Waals surface area contributed by atoms with E-state index in [1.54, 1.807) is 12.4 Å². The number of anilines is 3. The zero-order chi connectivity index (χ0) is 29.3. The molecule has 0 spiro atoms. The van der Waals surface area contributed by atoms with Crippen molar-refractivity contribution in [2.24, 2.45) is 0 Å². The molecule has 218 valence electrons. The zero-order valence-corrected chi connectivity index (χ0v) is 23.3. The summed E-state index contributed by atoms with van der Waals surface area (Å²) in [7, 11) is 2.04. The number of piperazine rings is 1. The van der Waals surface area contributed by atoms with Crippen LogP contribution in [-0.4, -0.2) is 85.7 Å². The molecule has 2 atom stereocenters. The topological polar surface area (TPSA) is 85.9 Å². The highest BCUT2D eigenvalue weighted by Gasteiger charge is 2.30. The van der Waals surface area contributed by atoms with Gasteiger partial charge in [-0.2, -0.15) is 0 Å². The SMILES string of the molecule is C=C1C=C(C(F)F)C(C(=O)Nc2cc(-c3cnc(N4CCOCC4)nc3)c(F)cc2N2C[C@@H](C)N(C)[C@@H](C)C2)=CN1. The Morgan fingerprint density at radius 2 is 1.78 bits per heavy atom. The number of allylic oxidation sites excluding steroid dienone is 1. The number of ether oxygens (including phenoxy) is 1. The van der Waals surface area contributed by atoms with Gasteiger partial charge < -0.3 is 25.2 Å². The lowest BCUT2D eigenvalue weighted by molar-refractivity contribution is -0.112. The number of halogens is 3. The summed E-state index contributed by atoms with van der Waals surface area (Å²) in [6.45, 7) is 11.4. The van der Waals surface area contributed by atoms with E-state index in [0.29, 0.717) is 62.3 Å². The average Bonchev–Trinajstić information content (AvgIpc) is 2.96. The van der Waals surface area contributed by atoms with E-state index >= 15 is 4.39 Å². The van der Waals surface area contributed by atoms with Crippen LogP contribution >= 0.6 is 0 Å². The number of alkyl halides is 2. The van der Waals surface area contributed by atoms with Crippen molar-refractivity contribution in [2.45, 2.75) is 32.4 Å². The summed E-state index contributed by atoms with van der Waals surface area (Å²) >= 11 is 0. The number of carbonyl (C=O) groups excluding carboxylic acids is 1. The molecule has 0 aliphatic carbocycles. The van der Waals surface area contributed by atoms with E-state index in [-0.39, 0.29) is 28.9 Å². The van der Waals surface area contributed by atoms with Crippen LogP contribution in [0.2, 0.25) is 0 Å². The maximum Gasteiger partial charge on any atom is 0.264 e. The first-order valence-electron chi connectivity index (χ1n) is 13.5. The molecule has 0 unspecified atom stereocenters. The first kappa shape index (κ1) is 28.6. The molecule has 0 bridgehead atoms. The molecule has 2 fully saturated rings. The van der Waals surface area contributed by atoms with Crippen LogP contribution in [0.15, 0.2) is 60.2 Å². The fraction of sp³-hybridized carbons (Fsp3) is 0.414. The lowest BCUT2D eigenvalue weighted by Gasteiger charge is -2.44. The van der Waals surface area contributed by atoms with Gasteiger partial charge in [0.1, 0.15) is 5.82 Å². The minimum absolute atomic E-state index is 0.163. The quantitative estimate of drug-likeness (QED) is 0.544. The van der Waals surface area contributed by atoms with Gasteiger partial charge in [0, 0.05) is 79.3 Å². The molecule has 1 amide bonds. The summed E-state index contributed by atoms with van der Waals surface area (Å²) in [5, 5.41) is 5.51. The third kappa shape index (κ3) is 6.08. The summed E-state index contributed by atoms with van der Waals surface area (Å²) < 4.78 is 48.7. The smallest absolute Gasteiger partial charge is 0.264 e. The number of likely N-dealkylation sites (N-methyl/N-ethyl adjacent to an activating group) is 1. The normalized spacial score (nSPS) is 21.9. The van der Waals surface area contributed by atoms with Crippen molar-refractivity contribution in [3.05, 3.63) is 66.0 Å². The minimum Gasteiger partial charge on any atom is -0.378 e. The van der Waals surface area contributed by atoms with Gasteiger partial charge in [0.25, 0.3) is 12.3 Å². The van der Waals surface area contributed by atoms with Gasteiger partial charge >= 0.3 is 0 Å². The second-order valence-corrected chi connectivity index (χ2v) is 10.6. The van der Waals surface area contributed by atoms with Crippen LogP contribution in [-0.2, 0) is 9.53 Å². The van der Waals surface area contributed by atoms with E-state index in [1.165, 1.54) is 18.3 Å². The van der Waals surface area contributed by atoms with Crippen molar-refractivity contribution in [2.75, 3.05) is 61.6 Å². The number of nitrogens with one attached hydrogen (secondary N) is 2. The highest BCUT2D eigenvalue weighted by atomic mass is 19.3. The van der Waals surface area contributed by atoms with Gasteiger partial charge in [0.15, 0.2) is 0 Å². The van der Waals surface area contributed by atoms with Crippen LogP contribution in [0, 0.1) is 5.82 Å². The molecule has 0 radical (unpaired) electrons. The monoisotopic (exact) mass is 569 g/mol. The molecule has 1 aromatic carbocycles. The number of morpholine rings is 1. The predicted octanol–water partition coefficient (Wildman–Crippen LogP) is 3.78. The minimum atomic E-state index is -2.88. The van der Waals surface area contributed by atoms with E-state index in [9.17, 15) is 13.6 Å². The number of rotatable bonds is 6. The third-order valence-electron chi connectivity index (χ3n) is 7.80. The Labute approximate surface area is 237 Å². The number of carbonyl (C=O) groups is 1. The van der Waals surface area contributed by atoms with Gasteiger partial charge in [0.05, 0.1) is 30.2 Å². The van der Waals surface area contributed by atoms with Crippen molar-refractivity contribution < 1.29 is 22.7 Å². The van der Waals surface area contributed by atoms with Crippen molar-refractivity contribution in [3.8, 4) is 11.1 Å². The molecular weight excluding hydrogens is 535 g/mol. The van der Waals surface area contributed by atoms with Crippen LogP contribution in [0.5, 0.6) is 0 Å². The lowest BCUT2D eigenvalue weighted by Crippen LogP contribution is -2.55. The molecule has 41 heavy (non-hydrogen) atoms. The van der Waals surface area contributed by atoms with Crippen molar-refractivity contribution in [3.63, 3.8) is 0 Å². The number of aromatic nitrogens is 2. The maximum absolute atomic E-state index is 15.7. The molecule has 3 aliphatic heterocycles. The molecule has 5 rings (SSSR count). The third-order valence-corrected chi connectivity index (χ3v) is 7.80. The largest absolute Gasteiger partial charge is 0.378 e. The second-order valence-electron chi connectivity index (χ2n) is 10.6. The molecule has 9 nitrogen and oxygen atoms in total. The van der Waals surface area contributed by atoms with E-state index in [2.05, 4.69) is 45.9 Å². The molecule has 1 aromatic heterocycles. The molecule has 4 heterocycles. The van der Waals surface area contributed by atoms with Gasteiger partial charge in [-0.25, -0.2) is 23.1 Å². The molecule has 12 heteroatoms. The van der Waals surface area contributed by atoms with Crippen LogP contribution in [0.4, 0.5) is 30.5 Å². The van der Waals surface area contributed by atoms with Crippen LogP contribution in [0.1, 0.15) is 13.8 Å². The highest BCUT2D eigenvalue weighted by Crippen LogP contribution is 2.36. The summed E-state index contributed by atoms with van der Waals surface area (Å²) in [5.41, 5.74) is 0.959. The zero-order valence-electron chi connectivity index (χ0n) is 23.3.